The third-order valence-electron chi connectivity index (χ3n) is 8.90. The summed E-state index contributed by atoms with van der Waals surface area (Å²) >= 11 is 0. The smallest absolute Gasteiger partial charge is 0.360 e. The summed E-state index contributed by atoms with van der Waals surface area (Å²) < 4.78 is 40.6. The first-order valence-electron chi connectivity index (χ1n) is 16.0. The van der Waals surface area contributed by atoms with Crippen molar-refractivity contribution in [1.29, 1.82) is 0 Å². The fourth-order valence-corrected chi connectivity index (χ4v) is 6.86. The summed E-state index contributed by atoms with van der Waals surface area (Å²) in [6.45, 7) is 4.77. The number of esters is 1. The van der Waals surface area contributed by atoms with Crippen LogP contribution in [0.4, 0.5) is 5.69 Å². The molecule has 1 saturated carbocycles. The van der Waals surface area contributed by atoms with Crippen LogP contribution in [0.2, 0.25) is 0 Å². The number of amides is 1. The van der Waals surface area contributed by atoms with Gasteiger partial charge in [-0.3, -0.25) is 4.79 Å². The van der Waals surface area contributed by atoms with Gasteiger partial charge in [-0.2, -0.15) is 12.7 Å². The molecule has 2 heterocycles. The first kappa shape index (κ1) is 34.1. The van der Waals surface area contributed by atoms with Crippen molar-refractivity contribution < 1.29 is 27.5 Å². The van der Waals surface area contributed by atoms with Crippen LogP contribution in [-0.2, 0) is 27.9 Å². The number of rotatable bonds is 10. The Bertz CT molecular complexity index is 1780. The second-order valence-corrected chi connectivity index (χ2v) is 14.6. The first-order chi connectivity index (χ1) is 22.4. The van der Waals surface area contributed by atoms with Gasteiger partial charge in [-0.1, -0.05) is 49.5 Å². The molecule has 0 unspecified atom stereocenters. The Hall–Kier alpha value is -4.23. The number of ether oxygens (including phenoxy) is 2. The predicted molar refractivity (Wildman–Crippen MR) is 180 cm³/mol. The van der Waals surface area contributed by atoms with E-state index in [-0.39, 0.29) is 17.3 Å². The van der Waals surface area contributed by atoms with E-state index in [1.165, 1.54) is 40.5 Å². The highest BCUT2D eigenvalue weighted by Crippen LogP contribution is 2.37. The molecule has 3 aromatic rings. The lowest BCUT2D eigenvalue weighted by Gasteiger charge is -2.30. The minimum Gasteiger partial charge on any atom is -0.497 e. The number of hydrogen-bond donors (Lipinski definition) is 1. The van der Waals surface area contributed by atoms with Crippen molar-refractivity contribution in [2.24, 2.45) is 5.92 Å². The van der Waals surface area contributed by atoms with E-state index in [2.05, 4.69) is 19.9 Å². The van der Waals surface area contributed by atoms with Gasteiger partial charge in [0, 0.05) is 44.5 Å². The van der Waals surface area contributed by atoms with Crippen LogP contribution < -0.4 is 14.4 Å². The van der Waals surface area contributed by atoms with Gasteiger partial charge in [0.15, 0.2) is 5.69 Å². The molecule has 0 atom stereocenters. The molecule has 1 aliphatic heterocycles. The fourth-order valence-electron chi connectivity index (χ4n) is 6.32. The average molecular weight is 665 g/mol. The lowest BCUT2D eigenvalue weighted by Crippen LogP contribution is -2.39. The average Bonchev–Trinajstić information content (AvgIpc) is 3.41. The Labute approximate surface area is 276 Å². The molecule has 13 heteroatoms. The third-order valence-corrected chi connectivity index (χ3v) is 10.3. The second kappa shape index (κ2) is 14.3. The van der Waals surface area contributed by atoms with E-state index in [0.717, 1.165) is 51.5 Å². The summed E-state index contributed by atoms with van der Waals surface area (Å²) in [5.74, 6) is -0.106. The van der Waals surface area contributed by atoms with Gasteiger partial charge in [-0.25, -0.2) is 14.2 Å². The molecule has 12 nitrogen and oxygen atoms in total. The van der Waals surface area contributed by atoms with Crippen LogP contribution in [0.5, 0.6) is 5.75 Å². The second-order valence-electron chi connectivity index (χ2n) is 12.7. The summed E-state index contributed by atoms with van der Waals surface area (Å²) in [6.07, 6.45) is 8.76. The van der Waals surface area contributed by atoms with Gasteiger partial charge in [0.05, 0.1) is 14.2 Å². The summed E-state index contributed by atoms with van der Waals surface area (Å²) in [7, 11) is 1.67. The van der Waals surface area contributed by atoms with Gasteiger partial charge >= 0.3 is 16.2 Å². The van der Waals surface area contributed by atoms with E-state index >= 15 is 0 Å². The molecular weight excluding hydrogens is 620 g/mol. The Morgan fingerprint density at radius 1 is 1.04 bits per heavy atom. The number of benzene rings is 2. The zero-order valence-electron chi connectivity index (χ0n) is 27.9. The fraction of sp³-hybridized carbons (Fsp3) is 0.471. The van der Waals surface area contributed by atoms with Crippen molar-refractivity contribution in [3.63, 3.8) is 0 Å². The molecule has 1 fully saturated rings. The zero-order chi connectivity index (χ0) is 33.9. The molecule has 252 valence electrons. The highest BCUT2D eigenvalue weighted by molar-refractivity contribution is 7.87. The van der Waals surface area contributed by atoms with Crippen LogP contribution in [-0.4, -0.2) is 74.5 Å². The summed E-state index contributed by atoms with van der Waals surface area (Å²) in [6, 6.07) is 11.2. The number of carbonyl (C=O) groups is 2. The van der Waals surface area contributed by atoms with Crippen LogP contribution in [0.15, 0.2) is 36.4 Å². The van der Waals surface area contributed by atoms with Gasteiger partial charge in [0.25, 0.3) is 5.91 Å². The molecule has 0 radical (unpaired) electrons. The molecule has 5 rings (SSSR count). The lowest BCUT2D eigenvalue weighted by molar-refractivity contribution is 0.0593. The molecular formula is C34H44N6O6S. The number of aromatic nitrogens is 3. The lowest BCUT2D eigenvalue weighted by atomic mass is 9.84. The van der Waals surface area contributed by atoms with Crippen LogP contribution in [0, 0.1) is 5.92 Å². The topological polar surface area (TPSA) is 136 Å². The molecule has 1 N–H and O–H groups in total. The molecule has 2 aliphatic rings. The maximum absolute atomic E-state index is 13.3. The predicted octanol–water partition coefficient (Wildman–Crippen LogP) is 4.87. The summed E-state index contributed by atoms with van der Waals surface area (Å²) in [5.41, 5.74) is 5.49. The summed E-state index contributed by atoms with van der Waals surface area (Å²) in [5, 5.41) is 8.55. The van der Waals surface area contributed by atoms with Crippen molar-refractivity contribution in [1.82, 2.24) is 24.0 Å². The van der Waals surface area contributed by atoms with E-state index in [4.69, 9.17) is 9.47 Å². The number of anilines is 1. The first-order valence-corrected chi connectivity index (χ1v) is 17.4. The molecule has 0 bridgehead atoms. The zero-order valence-corrected chi connectivity index (χ0v) is 28.8. The van der Waals surface area contributed by atoms with E-state index < -0.39 is 22.1 Å². The number of nitrogens with one attached hydrogen (secondary N) is 1. The van der Waals surface area contributed by atoms with E-state index in [1.54, 1.807) is 23.9 Å². The van der Waals surface area contributed by atoms with Gasteiger partial charge < -0.3 is 14.4 Å². The number of fused-ring (bicyclic) bond motifs is 1. The standard InChI is InChI=1S/C34H44N6O6S/c1-22(2)40-32(31(35-37-40)34(42)46-6)28-17-27-18-29(45-5)15-14-26(27)20-39(21-28)30-19-25(33(41)36-47(43,44)38(3)4)13-12-24(30)16-23-10-8-7-9-11-23/h12-15,17-19,22-23H,7-11,16,20-21H2,1-6H3,(H,36,41). The maximum atomic E-state index is 13.3. The molecule has 47 heavy (non-hydrogen) atoms. The highest BCUT2D eigenvalue weighted by atomic mass is 32.2. The number of nitrogens with zero attached hydrogens (tertiary/aromatic N) is 5. The van der Waals surface area contributed by atoms with Crippen molar-refractivity contribution >= 4 is 39.4 Å². The normalized spacial score (nSPS) is 15.7. The Morgan fingerprint density at radius 2 is 1.79 bits per heavy atom. The van der Waals surface area contributed by atoms with Gasteiger partial charge in [-0.15, -0.1) is 5.10 Å². The van der Waals surface area contributed by atoms with Crippen molar-refractivity contribution in [2.45, 2.75) is 65.0 Å². The van der Waals surface area contributed by atoms with Gasteiger partial charge in [0.2, 0.25) is 0 Å². The molecule has 1 aromatic heterocycles. The molecule has 0 saturated heterocycles. The Balaban J connectivity index is 1.67. The van der Waals surface area contributed by atoms with Crippen molar-refractivity contribution in [3.8, 4) is 5.75 Å². The SMILES string of the molecule is COC(=O)c1nnn(C(C)C)c1C1=Cc2cc(OC)ccc2CN(c2cc(C(=O)NS(=O)(=O)N(C)C)ccc2CC2CCCCC2)C1. The van der Waals surface area contributed by atoms with Crippen LogP contribution in [0.1, 0.15) is 95.2 Å². The van der Waals surface area contributed by atoms with Gasteiger partial charge in [-0.05, 0) is 78.8 Å². The van der Waals surface area contributed by atoms with E-state index in [0.29, 0.717) is 30.5 Å². The maximum Gasteiger partial charge on any atom is 0.360 e. The van der Waals surface area contributed by atoms with Crippen LogP contribution in [0.25, 0.3) is 11.6 Å². The Morgan fingerprint density at radius 3 is 2.45 bits per heavy atom. The van der Waals surface area contributed by atoms with Crippen molar-refractivity contribution in [2.75, 3.05) is 39.8 Å². The van der Waals surface area contributed by atoms with E-state index in [9.17, 15) is 18.0 Å². The minimum absolute atomic E-state index is 0.106. The van der Waals surface area contributed by atoms with E-state index in [1.807, 2.05) is 44.2 Å². The highest BCUT2D eigenvalue weighted by Gasteiger charge is 2.30. The van der Waals surface area contributed by atoms with Crippen LogP contribution in [0.3, 0.4) is 0 Å². The minimum atomic E-state index is -4.00. The quantitative estimate of drug-likeness (QED) is 0.301. The molecule has 0 spiro atoms. The molecule has 1 aliphatic carbocycles. The monoisotopic (exact) mass is 664 g/mol. The molecule has 2 aromatic carbocycles. The molecule has 1 amide bonds. The summed E-state index contributed by atoms with van der Waals surface area (Å²) in [4.78, 5) is 28.5. The van der Waals surface area contributed by atoms with Crippen molar-refractivity contribution in [3.05, 3.63) is 70.0 Å². The van der Waals surface area contributed by atoms with Gasteiger partial charge in [0.1, 0.15) is 11.4 Å². The van der Waals surface area contributed by atoms with Crippen LogP contribution >= 0.6 is 0 Å². The Kier molecular flexibility index (Phi) is 10.4. The number of methoxy groups -OCH3 is 2. The third kappa shape index (κ3) is 7.51. The number of carbonyl (C=O) groups excluding carboxylic acids is 2. The number of hydrogen-bond acceptors (Lipinski definition) is 9. The largest absolute Gasteiger partial charge is 0.497 e.